The lowest BCUT2D eigenvalue weighted by atomic mass is 10.0. The van der Waals surface area contributed by atoms with Crippen molar-refractivity contribution in [2.24, 2.45) is 0 Å². The summed E-state index contributed by atoms with van der Waals surface area (Å²) in [7, 11) is 0. The zero-order valence-electron chi connectivity index (χ0n) is 22.4. The number of aliphatic hydroxyl groups excluding tert-OH is 1. The van der Waals surface area contributed by atoms with Crippen molar-refractivity contribution in [3.8, 4) is 11.1 Å². The number of fused-ring (bicyclic) bond motifs is 1. The SMILES string of the molecule is C=C/C=C(\C(F)=C/C)C(C)Nc1c(Cl)cnc2cc(F)c(-c3cnc(N4CCN(C(=O)CCO)CC4)nc3)cc12. The first-order valence-corrected chi connectivity index (χ1v) is 13.3. The highest BCUT2D eigenvalue weighted by molar-refractivity contribution is 6.34. The van der Waals surface area contributed by atoms with Crippen LogP contribution in [-0.2, 0) is 4.79 Å². The Morgan fingerprint density at radius 3 is 2.52 bits per heavy atom. The second-order valence-electron chi connectivity index (χ2n) is 9.30. The molecule has 1 aliphatic rings. The van der Waals surface area contributed by atoms with E-state index in [1.54, 1.807) is 43.3 Å². The number of amides is 1. The highest BCUT2D eigenvalue weighted by Gasteiger charge is 2.23. The lowest BCUT2D eigenvalue weighted by molar-refractivity contribution is -0.132. The van der Waals surface area contributed by atoms with E-state index in [1.165, 1.54) is 24.4 Å². The van der Waals surface area contributed by atoms with Gasteiger partial charge in [-0.25, -0.2) is 18.7 Å². The number of halogens is 3. The van der Waals surface area contributed by atoms with E-state index in [0.29, 0.717) is 64.9 Å². The molecule has 1 saturated heterocycles. The standard InChI is InChI=1S/C29H31ClF2N6O2/c1-4-6-20(24(31)5-2)18(3)36-28-22-13-21(25(32)14-26(22)33-17-23(28)30)19-15-34-29(35-16-19)38-10-8-37(9-11-38)27(40)7-12-39/h4-6,13-18,39H,1,7-12H2,2-3H3,(H,33,36)/b20-6-,24-5+. The maximum atomic E-state index is 15.2. The molecule has 40 heavy (non-hydrogen) atoms. The van der Waals surface area contributed by atoms with Crippen molar-refractivity contribution in [3.63, 3.8) is 0 Å². The number of nitrogens with zero attached hydrogens (tertiary/aromatic N) is 5. The average Bonchev–Trinajstić information content (AvgIpc) is 2.97. The van der Waals surface area contributed by atoms with Gasteiger partial charge in [0.15, 0.2) is 0 Å². The quantitative estimate of drug-likeness (QED) is 0.338. The van der Waals surface area contributed by atoms with Crippen LogP contribution in [0.25, 0.3) is 22.0 Å². The number of hydrogen-bond acceptors (Lipinski definition) is 7. The minimum atomic E-state index is -0.499. The van der Waals surface area contributed by atoms with Crippen LogP contribution in [0.5, 0.6) is 0 Å². The van der Waals surface area contributed by atoms with E-state index >= 15 is 4.39 Å². The van der Waals surface area contributed by atoms with E-state index in [4.69, 9.17) is 16.7 Å². The highest BCUT2D eigenvalue weighted by Crippen LogP contribution is 2.36. The molecule has 0 saturated carbocycles. The highest BCUT2D eigenvalue weighted by atomic mass is 35.5. The lowest BCUT2D eigenvalue weighted by Gasteiger charge is -2.34. The molecule has 1 amide bonds. The summed E-state index contributed by atoms with van der Waals surface area (Å²) >= 11 is 6.50. The summed E-state index contributed by atoms with van der Waals surface area (Å²) in [4.78, 5) is 28.9. The number of carbonyl (C=O) groups excluding carboxylic acids is 1. The van der Waals surface area contributed by atoms with Crippen molar-refractivity contribution in [1.29, 1.82) is 0 Å². The van der Waals surface area contributed by atoms with E-state index in [9.17, 15) is 9.18 Å². The van der Waals surface area contributed by atoms with Gasteiger partial charge < -0.3 is 20.2 Å². The second-order valence-corrected chi connectivity index (χ2v) is 9.71. The Balaban J connectivity index is 1.61. The molecule has 3 aromatic rings. The molecule has 4 rings (SSSR count). The van der Waals surface area contributed by atoms with Crippen LogP contribution in [0.15, 0.2) is 66.9 Å². The molecule has 0 spiro atoms. The normalized spacial score (nSPS) is 15.3. The molecule has 2 N–H and O–H groups in total. The van der Waals surface area contributed by atoms with Crippen LogP contribution >= 0.6 is 11.6 Å². The molecule has 0 aliphatic carbocycles. The van der Waals surface area contributed by atoms with E-state index in [-0.39, 0.29) is 24.5 Å². The lowest BCUT2D eigenvalue weighted by Crippen LogP contribution is -2.49. The molecule has 1 fully saturated rings. The number of nitrogens with one attached hydrogen (secondary N) is 1. The summed E-state index contributed by atoms with van der Waals surface area (Å²) in [5.41, 5.74) is 1.99. The number of aromatic nitrogens is 3. The van der Waals surface area contributed by atoms with E-state index < -0.39 is 17.7 Å². The molecule has 1 aliphatic heterocycles. The van der Waals surface area contributed by atoms with Gasteiger partial charge in [-0.15, -0.1) is 0 Å². The molecule has 11 heteroatoms. The molecule has 1 atom stereocenters. The third-order valence-corrected chi connectivity index (χ3v) is 7.04. The van der Waals surface area contributed by atoms with Gasteiger partial charge in [0.1, 0.15) is 11.6 Å². The topological polar surface area (TPSA) is 94.5 Å². The average molecular weight is 569 g/mol. The zero-order valence-corrected chi connectivity index (χ0v) is 23.1. The molecule has 3 heterocycles. The van der Waals surface area contributed by atoms with Crippen molar-refractivity contribution in [3.05, 3.63) is 77.8 Å². The fourth-order valence-electron chi connectivity index (χ4n) is 4.61. The van der Waals surface area contributed by atoms with Crippen molar-refractivity contribution in [1.82, 2.24) is 19.9 Å². The Bertz CT molecular complexity index is 1450. The Hall–Kier alpha value is -3.89. The fourth-order valence-corrected chi connectivity index (χ4v) is 4.81. The van der Waals surface area contributed by atoms with Crippen LogP contribution in [0.1, 0.15) is 20.3 Å². The summed E-state index contributed by atoms with van der Waals surface area (Å²) in [6, 6.07) is 2.47. The van der Waals surface area contributed by atoms with Gasteiger partial charge >= 0.3 is 0 Å². The van der Waals surface area contributed by atoms with Crippen LogP contribution in [0.2, 0.25) is 5.02 Å². The Labute approximate surface area is 236 Å². The fraction of sp³-hybridized carbons (Fsp3) is 0.310. The Kier molecular flexibility index (Phi) is 9.44. The van der Waals surface area contributed by atoms with Gasteiger partial charge in [0.05, 0.1) is 28.9 Å². The summed E-state index contributed by atoms with van der Waals surface area (Å²) in [5.74, 6) is -0.493. The maximum Gasteiger partial charge on any atom is 0.225 e. The number of allylic oxidation sites excluding steroid dienone is 3. The van der Waals surface area contributed by atoms with E-state index in [0.717, 1.165) is 0 Å². The predicted octanol–water partition coefficient (Wildman–Crippen LogP) is 5.30. The number of hydrogen-bond donors (Lipinski definition) is 2. The Morgan fingerprint density at radius 1 is 1.20 bits per heavy atom. The number of piperazine rings is 1. The van der Waals surface area contributed by atoms with E-state index in [1.807, 2.05) is 4.90 Å². The molecule has 1 aromatic carbocycles. The van der Waals surface area contributed by atoms with Crippen LogP contribution < -0.4 is 10.2 Å². The van der Waals surface area contributed by atoms with Gasteiger partial charge in [0.25, 0.3) is 0 Å². The minimum Gasteiger partial charge on any atom is -0.396 e. The van der Waals surface area contributed by atoms with Gasteiger partial charge in [-0.1, -0.05) is 36.4 Å². The molecular weight excluding hydrogens is 538 g/mol. The molecule has 1 unspecified atom stereocenters. The van der Waals surface area contributed by atoms with Crippen LogP contribution in [0, 0.1) is 5.82 Å². The van der Waals surface area contributed by atoms with Crippen molar-refractivity contribution >= 4 is 40.0 Å². The molecule has 210 valence electrons. The largest absolute Gasteiger partial charge is 0.396 e. The number of benzene rings is 1. The number of pyridine rings is 1. The van der Waals surface area contributed by atoms with Crippen LogP contribution in [0.3, 0.4) is 0 Å². The maximum absolute atomic E-state index is 15.2. The van der Waals surface area contributed by atoms with Gasteiger partial charge in [0, 0.05) is 79.3 Å². The first-order chi connectivity index (χ1) is 19.3. The van der Waals surface area contributed by atoms with Crippen LogP contribution in [0.4, 0.5) is 20.4 Å². The summed E-state index contributed by atoms with van der Waals surface area (Å²) in [6.07, 6.45) is 9.10. The van der Waals surface area contributed by atoms with Crippen molar-refractivity contribution in [2.45, 2.75) is 26.3 Å². The molecular formula is C29H31ClF2N6O2. The number of rotatable bonds is 9. The smallest absolute Gasteiger partial charge is 0.225 e. The van der Waals surface area contributed by atoms with Gasteiger partial charge in [-0.05, 0) is 19.9 Å². The summed E-state index contributed by atoms with van der Waals surface area (Å²) in [5, 5.41) is 13.1. The number of carbonyl (C=O) groups is 1. The van der Waals surface area contributed by atoms with Crippen molar-refractivity contribution < 1.29 is 18.7 Å². The number of aliphatic hydroxyl groups is 1. The van der Waals surface area contributed by atoms with E-state index in [2.05, 4.69) is 26.8 Å². The molecule has 0 radical (unpaired) electrons. The monoisotopic (exact) mass is 568 g/mol. The van der Waals surface area contributed by atoms with Gasteiger partial charge in [0.2, 0.25) is 11.9 Å². The molecule has 0 bridgehead atoms. The molecule has 8 nitrogen and oxygen atoms in total. The second kappa shape index (κ2) is 13.0. The zero-order chi connectivity index (χ0) is 28.8. The van der Waals surface area contributed by atoms with Gasteiger partial charge in [-0.3, -0.25) is 9.78 Å². The first kappa shape index (κ1) is 29.1. The minimum absolute atomic E-state index is 0.0806. The summed E-state index contributed by atoms with van der Waals surface area (Å²) in [6.45, 7) is 9.01. The van der Waals surface area contributed by atoms with Gasteiger partial charge in [-0.2, -0.15) is 0 Å². The number of anilines is 2. The third-order valence-electron chi connectivity index (χ3n) is 6.75. The first-order valence-electron chi connectivity index (χ1n) is 12.9. The third kappa shape index (κ3) is 6.29. The predicted molar refractivity (Wildman–Crippen MR) is 154 cm³/mol. The molecule has 2 aromatic heterocycles. The summed E-state index contributed by atoms with van der Waals surface area (Å²) < 4.78 is 29.7. The van der Waals surface area contributed by atoms with Crippen molar-refractivity contribution in [2.75, 3.05) is 43.0 Å². The Morgan fingerprint density at radius 2 is 1.90 bits per heavy atom. The van der Waals surface area contributed by atoms with Crippen LogP contribution in [-0.4, -0.2) is 69.7 Å².